The summed E-state index contributed by atoms with van der Waals surface area (Å²) in [5, 5.41) is 8.77. The molecule has 1 aliphatic rings. The zero-order chi connectivity index (χ0) is 42.0. The van der Waals surface area contributed by atoms with Gasteiger partial charge < -0.3 is 31.2 Å². The van der Waals surface area contributed by atoms with Crippen LogP contribution in [0.3, 0.4) is 0 Å². The summed E-state index contributed by atoms with van der Waals surface area (Å²) in [7, 11) is 0. The van der Waals surface area contributed by atoms with E-state index in [1.807, 2.05) is 102 Å². The van der Waals surface area contributed by atoms with E-state index in [9.17, 15) is 24.0 Å². The van der Waals surface area contributed by atoms with E-state index < -0.39 is 47.4 Å². The Kier molecular flexibility index (Phi) is 14.6. The molecule has 58 heavy (non-hydrogen) atoms. The summed E-state index contributed by atoms with van der Waals surface area (Å²) in [4.78, 5) is 73.9. The monoisotopic (exact) mass is 789 g/mol. The van der Waals surface area contributed by atoms with Gasteiger partial charge in [0.15, 0.2) is 0 Å². The van der Waals surface area contributed by atoms with Gasteiger partial charge in [0.05, 0.1) is 12.0 Å². The highest BCUT2D eigenvalue weighted by Gasteiger charge is 2.41. The summed E-state index contributed by atoms with van der Waals surface area (Å²) < 4.78 is 2.05. The van der Waals surface area contributed by atoms with E-state index in [0.717, 1.165) is 16.7 Å². The van der Waals surface area contributed by atoms with Gasteiger partial charge in [0.2, 0.25) is 29.5 Å². The minimum absolute atomic E-state index is 0.0417. The van der Waals surface area contributed by atoms with Crippen molar-refractivity contribution in [2.24, 2.45) is 23.5 Å². The molecule has 12 nitrogen and oxygen atoms in total. The smallest absolute Gasteiger partial charge is 0.246 e. The Labute approximate surface area is 342 Å². The van der Waals surface area contributed by atoms with E-state index in [4.69, 9.17) is 10.7 Å². The lowest BCUT2D eigenvalue weighted by Gasteiger charge is -2.37. The van der Waals surface area contributed by atoms with Crippen molar-refractivity contribution in [1.29, 1.82) is 0 Å². The standard InChI is InChI=1S/C46H59N7O5/c1-7-32(6)41(44(57)50-40(31(4)5)45(58)53-25-17-24-38(53)42(47)55)51-43(56)37(49-39(54)26-30(2)3)27-36-28-52(29-48-36)46(33-18-11-8-12-19-33,34-20-13-9-14-21-34)35-22-15-10-16-23-35/h8-16,18-23,28-32,37-38,40-41H,7,17,24-27H2,1-6H3,(H2,47,55)(H,49,54)(H,50,57)(H,51,56)/t32-,37+,38-,40-,41-/m0/s1. The van der Waals surface area contributed by atoms with Crippen LogP contribution in [-0.4, -0.2) is 74.7 Å². The molecule has 5 amide bonds. The number of imidazole rings is 1. The maximum Gasteiger partial charge on any atom is 0.246 e. The van der Waals surface area contributed by atoms with Gasteiger partial charge in [-0.2, -0.15) is 0 Å². The van der Waals surface area contributed by atoms with Gasteiger partial charge in [0, 0.05) is 25.6 Å². The van der Waals surface area contributed by atoms with Crippen LogP contribution in [0.4, 0.5) is 0 Å². The van der Waals surface area contributed by atoms with Gasteiger partial charge in [-0.1, -0.05) is 139 Å². The minimum Gasteiger partial charge on any atom is -0.368 e. The predicted molar refractivity (Wildman–Crippen MR) is 224 cm³/mol. The molecular weight excluding hydrogens is 731 g/mol. The van der Waals surface area contributed by atoms with Crippen LogP contribution in [0.5, 0.6) is 0 Å². The Morgan fingerprint density at radius 2 is 1.31 bits per heavy atom. The molecule has 3 aromatic carbocycles. The molecule has 4 aromatic rings. The Morgan fingerprint density at radius 3 is 1.79 bits per heavy atom. The fraction of sp³-hybridized carbons (Fsp3) is 0.435. The third-order valence-corrected chi connectivity index (χ3v) is 11.1. The first-order valence-electron chi connectivity index (χ1n) is 20.5. The number of rotatable bonds is 18. The highest BCUT2D eigenvalue weighted by molar-refractivity contribution is 5.96. The highest BCUT2D eigenvalue weighted by atomic mass is 16.2. The molecule has 0 unspecified atom stereocenters. The Hall–Kier alpha value is -5.78. The number of carbonyl (C=O) groups is 5. The van der Waals surface area contributed by atoms with Crippen LogP contribution < -0.4 is 21.7 Å². The lowest BCUT2D eigenvalue weighted by Crippen LogP contribution is -2.60. The average Bonchev–Trinajstić information content (AvgIpc) is 3.90. The number of primary amides is 1. The first-order chi connectivity index (χ1) is 27.8. The number of benzene rings is 3. The number of nitrogens with two attached hydrogens (primary N) is 1. The lowest BCUT2D eigenvalue weighted by atomic mass is 9.77. The zero-order valence-electron chi connectivity index (χ0n) is 34.6. The van der Waals surface area contributed by atoms with E-state index in [1.165, 1.54) is 4.90 Å². The Balaban J connectivity index is 1.47. The Morgan fingerprint density at radius 1 is 0.776 bits per heavy atom. The maximum atomic E-state index is 14.4. The van der Waals surface area contributed by atoms with Crippen LogP contribution in [0.2, 0.25) is 0 Å². The summed E-state index contributed by atoms with van der Waals surface area (Å²) in [5.41, 5.74) is 8.35. The molecule has 0 spiro atoms. The number of nitrogens with one attached hydrogen (secondary N) is 3. The Bertz CT molecular complexity index is 1900. The quantitative estimate of drug-likeness (QED) is 0.104. The van der Waals surface area contributed by atoms with Crippen LogP contribution in [0.1, 0.15) is 89.6 Å². The topological polar surface area (TPSA) is 169 Å². The molecule has 1 aromatic heterocycles. The van der Waals surface area contributed by atoms with Crippen molar-refractivity contribution in [1.82, 2.24) is 30.4 Å². The van der Waals surface area contributed by atoms with Gasteiger partial charge in [-0.25, -0.2) is 4.98 Å². The van der Waals surface area contributed by atoms with Crippen molar-refractivity contribution < 1.29 is 24.0 Å². The first kappa shape index (κ1) is 43.3. The molecular formula is C46H59N7O5. The van der Waals surface area contributed by atoms with E-state index in [-0.39, 0.29) is 42.4 Å². The highest BCUT2D eigenvalue weighted by Crippen LogP contribution is 2.40. The van der Waals surface area contributed by atoms with Crippen LogP contribution in [0.25, 0.3) is 0 Å². The number of likely N-dealkylation sites (tertiary alicyclic amines) is 1. The molecule has 1 fully saturated rings. The molecule has 0 saturated carbocycles. The van der Waals surface area contributed by atoms with Gasteiger partial charge in [0.25, 0.3) is 0 Å². The second kappa shape index (κ2) is 19.6. The van der Waals surface area contributed by atoms with Crippen molar-refractivity contribution in [3.05, 3.63) is 126 Å². The molecule has 5 rings (SSSR count). The van der Waals surface area contributed by atoms with Gasteiger partial charge in [0.1, 0.15) is 29.7 Å². The number of nitrogens with zero attached hydrogens (tertiary/aromatic N) is 3. The van der Waals surface area contributed by atoms with Crippen LogP contribution in [0, 0.1) is 17.8 Å². The van der Waals surface area contributed by atoms with E-state index in [2.05, 4.69) is 56.9 Å². The van der Waals surface area contributed by atoms with Crippen molar-refractivity contribution in [3.63, 3.8) is 0 Å². The van der Waals surface area contributed by atoms with Crippen LogP contribution >= 0.6 is 0 Å². The molecule has 0 aliphatic carbocycles. The first-order valence-corrected chi connectivity index (χ1v) is 20.5. The zero-order valence-corrected chi connectivity index (χ0v) is 34.6. The van der Waals surface area contributed by atoms with Crippen molar-refractivity contribution >= 4 is 29.5 Å². The molecule has 0 bridgehead atoms. The van der Waals surface area contributed by atoms with Gasteiger partial charge >= 0.3 is 0 Å². The lowest BCUT2D eigenvalue weighted by molar-refractivity contribution is -0.142. The number of amides is 5. The second-order valence-electron chi connectivity index (χ2n) is 16.2. The second-order valence-corrected chi connectivity index (χ2v) is 16.2. The number of aromatic nitrogens is 2. The molecule has 5 N–H and O–H groups in total. The third-order valence-electron chi connectivity index (χ3n) is 11.1. The summed E-state index contributed by atoms with van der Waals surface area (Å²) >= 11 is 0. The molecule has 1 saturated heterocycles. The minimum atomic E-state index is -1.07. The molecule has 5 atom stereocenters. The average molecular weight is 790 g/mol. The van der Waals surface area contributed by atoms with Gasteiger partial charge in [-0.3, -0.25) is 24.0 Å². The fourth-order valence-electron chi connectivity index (χ4n) is 7.90. The normalized spacial score (nSPS) is 16.3. The van der Waals surface area contributed by atoms with Gasteiger partial charge in [-0.05, 0) is 47.3 Å². The van der Waals surface area contributed by atoms with Crippen molar-refractivity contribution in [2.45, 2.75) is 103 Å². The van der Waals surface area contributed by atoms with Crippen LogP contribution in [-0.2, 0) is 35.9 Å². The molecule has 308 valence electrons. The fourth-order valence-corrected chi connectivity index (χ4v) is 7.90. The number of carbonyl (C=O) groups excluding carboxylic acids is 5. The number of hydrogen-bond donors (Lipinski definition) is 4. The summed E-state index contributed by atoms with van der Waals surface area (Å²) in [6.07, 6.45) is 5.57. The summed E-state index contributed by atoms with van der Waals surface area (Å²) in [6.45, 7) is 11.6. The van der Waals surface area contributed by atoms with E-state index >= 15 is 0 Å². The van der Waals surface area contributed by atoms with Gasteiger partial charge in [-0.15, -0.1) is 0 Å². The number of hydrogen-bond acceptors (Lipinski definition) is 6. The molecule has 12 heteroatoms. The van der Waals surface area contributed by atoms with Crippen LogP contribution in [0.15, 0.2) is 104 Å². The molecule has 0 radical (unpaired) electrons. The molecule has 2 heterocycles. The van der Waals surface area contributed by atoms with Crippen molar-refractivity contribution in [2.75, 3.05) is 6.54 Å². The summed E-state index contributed by atoms with van der Waals surface area (Å²) in [5.74, 6) is -2.94. The SMILES string of the molecule is CC[C@H](C)[C@H](NC(=O)[C@@H](Cc1cn(C(c2ccccc2)(c2ccccc2)c2ccccc2)cn1)NC(=O)CC(C)C)C(=O)N[C@H](C(=O)N1CCC[C@H]1C(N)=O)C(C)C. The third kappa shape index (κ3) is 9.84. The van der Waals surface area contributed by atoms with E-state index in [0.29, 0.717) is 31.5 Å². The molecule has 1 aliphatic heterocycles. The maximum absolute atomic E-state index is 14.4. The van der Waals surface area contributed by atoms with E-state index in [1.54, 1.807) is 6.33 Å². The van der Waals surface area contributed by atoms with Crippen molar-refractivity contribution in [3.8, 4) is 0 Å². The summed E-state index contributed by atoms with van der Waals surface area (Å²) in [6, 6.07) is 26.7. The predicted octanol–water partition coefficient (Wildman–Crippen LogP) is 4.94. The largest absolute Gasteiger partial charge is 0.368 e.